The van der Waals surface area contributed by atoms with Crippen molar-refractivity contribution in [1.29, 1.82) is 0 Å². The molecule has 1 fully saturated rings. The summed E-state index contributed by atoms with van der Waals surface area (Å²) in [6.07, 6.45) is 4.86. The molecule has 118 valence electrons. The molecule has 0 saturated heterocycles. The summed E-state index contributed by atoms with van der Waals surface area (Å²) in [6, 6.07) is 4.83. The minimum atomic E-state index is -3.53. The second-order valence-corrected chi connectivity index (χ2v) is 7.17. The first-order valence-electron chi connectivity index (χ1n) is 7.34. The van der Waals surface area contributed by atoms with Crippen LogP contribution in [0.1, 0.15) is 31.2 Å². The molecule has 21 heavy (non-hydrogen) atoms. The maximum Gasteiger partial charge on any atom is 0.240 e. The third-order valence-corrected chi connectivity index (χ3v) is 5.57. The van der Waals surface area contributed by atoms with Crippen LogP contribution in [0.3, 0.4) is 0 Å². The molecule has 1 aliphatic rings. The van der Waals surface area contributed by atoms with Crippen molar-refractivity contribution in [3.63, 3.8) is 0 Å². The van der Waals surface area contributed by atoms with Crippen LogP contribution in [0, 0.1) is 5.92 Å². The number of ether oxygens (including phenoxy) is 1. The largest absolute Gasteiger partial charge is 0.497 e. The van der Waals surface area contributed by atoms with E-state index in [1.807, 2.05) is 0 Å². The fourth-order valence-electron chi connectivity index (χ4n) is 2.52. The first-order chi connectivity index (χ1) is 10.1. The number of rotatable bonds is 8. The van der Waals surface area contributed by atoms with Crippen LogP contribution in [0.15, 0.2) is 23.1 Å². The Morgan fingerprint density at radius 2 is 2.14 bits per heavy atom. The van der Waals surface area contributed by atoms with Gasteiger partial charge in [-0.25, -0.2) is 13.1 Å². The lowest BCUT2D eigenvalue weighted by atomic mass is 9.83. The van der Waals surface area contributed by atoms with Crippen LogP contribution >= 0.6 is 0 Å². The van der Waals surface area contributed by atoms with Gasteiger partial charge in [0.1, 0.15) is 5.75 Å². The molecule has 2 N–H and O–H groups in total. The van der Waals surface area contributed by atoms with Gasteiger partial charge in [0.05, 0.1) is 12.0 Å². The highest BCUT2D eigenvalue weighted by atomic mass is 32.2. The summed E-state index contributed by atoms with van der Waals surface area (Å²) in [5, 5.41) is 9.11. The molecule has 1 aliphatic carbocycles. The zero-order chi connectivity index (χ0) is 15.3. The molecule has 1 aromatic rings. The van der Waals surface area contributed by atoms with Crippen LogP contribution in [0.25, 0.3) is 0 Å². The number of benzene rings is 1. The third kappa shape index (κ3) is 4.18. The van der Waals surface area contributed by atoms with Crippen LogP contribution in [0.4, 0.5) is 0 Å². The Balaban J connectivity index is 2.09. The van der Waals surface area contributed by atoms with Crippen molar-refractivity contribution in [2.75, 3.05) is 20.3 Å². The van der Waals surface area contributed by atoms with Gasteiger partial charge in [-0.15, -0.1) is 0 Å². The fourth-order valence-corrected chi connectivity index (χ4v) is 3.81. The summed E-state index contributed by atoms with van der Waals surface area (Å²) in [6.45, 7) is 0.370. The number of aliphatic hydroxyl groups is 1. The highest BCUT2D eigenvalue weighted by molar-refractivity contribution is 7.89. The van der Waals surface area contributed by atoms with Crippen LogP contribution in [0.2, 0.25) is 0 Å². The number of sulfonamides is 1. The van der Waals surface area contributed by atoms with Crippen LogP contribution < -0.4 is 9.46 Å². The van der Waals surface area contributed by atoms with Gasteiger partial charge in [0.15, 0.2) is 0 Å². The van der Waals surface area contributed by atoms with E-state index in [4.69, 9.17) is 9.84 Å². The van der Waals surface area contributed by atoms with E-state index in [1.165, 1.54) is 32.4 Å². The van der Waals surface area contributed by atoms with Crippen molar-refractivity contribution < 1.29 is 18.3 Å². The Morgan fingerprint density at radius 3 is 2.71 bits per heavy atom. The third-order valence-electron chi connectivity index (χ3n) is 4.01. The summed E-state index contributed by atoms with van der Waals surface area (Å²) in [7, 11) is -2.00. The van der Waals surface area contributed by atoms with Gasteiger partial charge >= 0.3 is 0 Å². The lowest BCUT2D eigenvalue weighted by molar-refractivity contribution is 0.297. The van der Waals surface area contributed by atoms with E-state index < -0.39 is 10.0 Å². The Bertz CT molecular complexity index is 567. The van der Waals surface area contributed by atoms with E-state index in [-0.39, 0.29) is 17.9 Å². The molecule has 0 aliphatic heterocycles. The monoisotopic (exact) mass is 313 g/mol. The molecule has 0 amide bonds. The predicted octanol–water partition coefficient (Wildman–Crippen LogP) is 1.70. The van der Waals surface area contributed by atoms with Gasteiger partial charge < -0.3 is 9.84 Å². The Labute approximate surface area is 126 Å². The fraction of sp³-hybridized carbons (Fsp3) is 0.600. The molecule has 6 heteroatoms. The quantitative estimate of drug-likeness (QED) is 0.766. The number of hydrogen-bond donors (Lipinski definition) is 2. The van der Waals surface area contributed by atoms with Gasteiger partial charge in [-0.05, 0) is 42.5 Å². The minimum absolute atomic E-state index is 0.0994. The van der Waals surface area contributed by atoms with Crippen molar-refractivity contribution in [3.05, 3.63) is 23.8 Å². The summed E-state index contributed by atoms with van der Waals surface area (Å²) in [4.78, 5) is 0.228. The first kappa shape index (κ1) is 16.3. The predicted molar refractivity (Wildman–Crippen MR) is 80.9 cm³/mol. The number of methoxy groups -OCH3 is 1. The van der Waals surface area contributed by atoms with Crippen molar-refractivity contribution in [2.45, 2.75) is 37.0 Å². The lowest BCUT2D eigenvalue weighted by Gasteiger charge is -2.25. The van der Waals surface area contributed by atoms with Gasteiger partial charge in [0, 0.05) is 13.2 Å². The van der Waals surface area contributed by atoms with E-state index >= 15 is 0 Å². The average Bonchev–Trinajstić information content (AvgIpc) is 2.41. The second-order valence-electron chi connectivity index (χ2n) is 5.43. The highest BCUT2D eigenvalue weighted by Gasteiger charge is 2.21. The van der Waals surface area contributed by atoms with E-state index in [0.29, 0.717) is 23.8 Å². The highest BCUT2D eigenvalue weighted by Crippen LogP contribution is 2.29. The molecule has 2 rings (SSSR count). The molecular formula is C15H23NO4S. The molecule has 1 saturated carbocycles. The summed E-state index contributed by atoms with van der Waals surface area (Å²) < 4.78 is 32.5. The smallest absolute Gasteiger partial charge is 0.240 e. The van der Waals surface area contributed by atoms with Crippen molar-refractivity contribution >= 4 is 10.0 Å². The zero-order valence-corrected chi connectivity index (χ0v) is 13.2. The maximum absolute atomic E-state index is 12.4. The zero-order valence-electron chi connectivity index (χ0n) is 12.3. The first-order valence-corrected chi connectivity index (χ1v) is 8.82. The van der Waals surface area contributed by atoms with Crippen LogP contribution in [-0.4, -0.2) is 33.8 Å². The number of nitrogens with one attached hydrogen (secondary N) is 1. The molecule has 0 spiro atoms. The van der Waals surface area contributed by atoms with E-state index in [2.05, 4.69) is 4.72 Å². The summed E-state index contributed by atoms with van der Waals surface area (Å²) >= 11 is 0. The van der Waals surface area contributed by atoms with Gasteiger partial charge in [0.2, 0.25) is 10.0 Å². The summed E-state index contributed by atoms with van der Waals surface area (Å²) in [5.41, 5.74) is 0.577. The second kappa shape index (κ2) is 7.24. The van der Waals surface area contributed by atoms with Crippen LogP contribution in [0.5, 0.6) is 5.75 Å². The van der Waals surface area contributed by atoms with E-state index in [9.17, 15) is 8.42 Å². The Hall–Kier alpha value is -1.11. The molecule has 1 aromatic carbocycles. The Morgan fingerprint density at radius 1 is 1.38 bits per heavy atom. The SMILES string of the molecule is COc1ccc(S(=O)(=O)NCCC2CCC2)c(CCO)c1. The van der Waals surface area contributed by atoms with Gasteiger partial charge in [-0.3, -0.25) is 0 Å². The topological polar surface area (TPSA) is 75.6 Å². The maximum atomic E-state index is 12.4. The number of aliphatic hydroxyl groups excluding tert-OH is 1. The molecule has 0 bridgehead atoms. The molecule has 0 heterocycles. The minimum Gasteiger partial charge on any atom is -0.497 e. The van der Waals surface area contributed by atoms with Gasteiger partial charge in [-0.2, -0.15) is 0 Å². The van der Waals surface area contributed by atoms with Crippen molar-refractivity contribution in [3.8, 4) is 5.75 Å². The standard InChI is InChI=1S/C15H23NO4S/c1-20-14-5-6-15(13(11-14)8-10-17)21(18,19)16-9-7-12-3-2-4-12/h5-6,11-12,16-17H,2-4,7-10H2,1H3. The molecule has 0 aromatic heterocycles. The van der Waals surface area contributed by atoms with Crippen LogP contribution in [-0.2, 0) is 16.4 Å². The number of hydrogen-bond acceptors (Lipinski definition) is 4. The normalized spacial score (nSPS) is 15.7. The van der Waals surface area contributed by atoms with E-state index in [0.717, 1.165) is 6.42 Å². The van der Waals surface area contributed by atoms with Crippen molar-refractivity contribution in [1.82, 2.24) is 4.72 Å². The molecule has 5 nitrogen and oxygen atoms in total. The summed E-state index contributed by atoms with van der Waals surface area (Å²) in [5.74, 6) is 1.26. The molecular weight excluding hydrogens is 290 g/mol. The van der Waals surface area contributed by atoms with Gasteiger partial charge in [-0.1, -0.05) is 19.3 Å². The lowest BCUT2D eigenvalue weighted by Crippen LogP contribution is -2.28. The Kier molecular flexibility index (Phi) is 5.61. The molecule has 0 atom stereocenters. The van der Waals surface area contributed by atoms with Gasteiger partial charge in [0.25, 0.3) is 0 Å². The van der Waals surface area contributed by atoms with Crippen molar-refractivity contribution in [2.24, 2.45) is 5.92 Å². The molecule has 0 unspecified atom stereocenters. The van der Waals surface area contributed by atoms with E-state index in [1.54, 1.807) is 12.1 Å². The molecule has 0 radical (unpaired) electrons. The average molecular weight is 313 g/mol.